The van der Waals surface area contributed by atoms with E-state index in [-0.39, 0.29) is 5.91 Å². The molecule has 3 rings (SSSR count). The van der Waals surface area contributed by atoms with Crippen LogP contribution in [0.3, 0.4) is 0 Å². The molecule has 1 amide bonds. The molecular weight excluding hydrogens is 384 g/mol. The Hall–Kier alpha value is -2.61. The van der Waals surface area contributed by atoms with Crippen molar-refractivity contribution in [3.05, 3.63) is 47.0 Å². The SMILES string of the molecule is CN=C(NCc1csc(N(C)C)n1)NCC1CC(=O)N(CCc2ccccc2)C1. The van der Waals surface area contributed by atoms with Crippen molar-refractivity contribution in [3.63, 3.8) is 0 Å². The summed E-state index contributed by atoms with van der Waals surface area (Å²) in [7, 11) is 5.73. The Morgan fingerprint density at radius 1 is 1.31 bits per heavy atom. The van der Waals surface area contributed by atoms with E-state index in [0.717, 1.165) is 42.8 Å². The minimum absolute atomic E-state index is 0.245. The highest BCUT2D eigenvalue weighted by Crippen LogP contribution is 2.18. The number of aliphatic imine (C=N–C) groups is 1. The second-order valence-corrected chi connectivity index (χ2v) is 8.30. The van der Waals surface area contributed by atoms with Gasteiger partial charge < -0.3 is 20.4 Å². The third-order valence-electron chi connectivity index (χ3n) is 4.95. The summed E-state index contributed by atoms with van der Waals surface area (Å²) in [6, 6.07) is 10.3. The van der Waals surface area contributed by atoms with Gasteiger partial charge in [0.15, 0.2) is 11.1 Å². The number of guanidine groups is 1. The summed E-state index contributed by atoms with van der Waals surface area (Å²) >= 11 is 1.63. The fourth-order valence-electron chi connectivity index (χ4n) is 3.33. The fraction of sp³-hybridized carbons (Fsp3) is 0.476. The summed E-state index contributed by atoms with van der Waals surface area (Å²) in [6.07, 6.45) is 1.50. The van der Waals surface area contributed by atoms with Gasteiger partial charge in [0.25, 0.3) is 0 Å². The van der Waals surface area contributed by atoms with Gasteiger partial charge in [-0.15, -0.1) is 11.3 Å². The quantitative estimate of drug-likeness (QED) is 0.510. The largest absolute Gasteiger partial charge is 0.356 e. The van der Waals surface area contributed by atoms with Crippen LogP contribution in [0.15, 0.2) is 40.7 Å². The highest BCUT2D eigenvalue weighted by molar-refractivity contribution is 7.13. The summed E-state index contributed by atoms with van der Waals surface area (Å²) in [5.74, 6) is 1.28. The summed E-state index contributed by atoms with van der Waals surface area (Å²) in [6.45, 7) is 2.93. The van der Waals surface area contributed by atoms with Crippen molar-refractivity contribution in [2.24, 2.45) is 10.9 Å². The summed E-state index contributed by atoms with van der Waals surface area (Å²) in [5, 5.41) is 9.69. The van der Waals surface area contributed by atoms with E-state index in [1.807, 2.05) is 42.1 Å². The first-order chi connectivity index (χ1) is 14.0. The molecule has 1 atom stereocenters. The fourth-order valence-corrected chi connectivity index (χ4v) is 4.09. The molecule has 1 fully saturated rings. The van der Waals surface area contributed by atoms with Crippen LogP contribution in [0.5, 0.6) is 0 Å². The zero-order valence-electron chi connectivity index (χ0n) is 17.4. The van der Waals surface area contributed by atoms with Gasteiger partial charge in [0.2, 0.25) is 5.91 Å². The molecular formula is C21H30N6OS. The van der Waals surface area contributed by atoms with Crippen molar-refractivity contribution >= 4 is 28.3 Å². The molecule has 0 aliphatic carbocycles. The van der Waals surface area contributed by atoms with E-state index in [1.54, 1.807) is 18.4 Å². The lowest BCUT2D eigenvalue weighted by Crippen LogP contribution is -2.40. The number of hydrogen-bond acceptors (Lipinski definition) is 5. The number of hydrogen-bond donors (Lipinski definition) is 2. The number of aromatic nitrogens is 1. The van der Waals surface area contributed by atoms with Crippen LogP contribution in [0, 0.1) is 5.92 Å². The van der Waals surface area contributed by atoms with Crippen LogP contribution >= 0.6 is 11.3 Å². The highest BCUT2D eigenvalue weighted by Gasteiger charge is 2.29. The van der Waals surface area contributed by atoms with Crippen LogP contribution in [0.25, 0.3) is 0 Å². The third kappa shape index (κ3) is 6.19. The van der Waals surface area contributed by atoms with Crippen molar-refractivity contribution in [3.8, 4) is 0 Å². The van der Waals surface area contributed by atoms with Crippen LogP contribution in [0.4, 0.5) is 5.13 Å². The van der Waals surface area contributed by atoms with Gasteiger partial charge in [-0.2, -0.15) is 0 Å². The van der Waals surface area contributed by atoms with Gasteiger partial charge in [-0.3, -0.25) is 9.79 Å². The molecule has 1 aromatic carbocycles. The highest BCUT2D eigenvalue weighted by atomic mass is 32.1. The zero-order chi connectivity index (χ0) is 20.6. The van der Waals surface area contributed by atoms with E-state index in [1.165, 1.54) is 5.56 Å². The molecule has 2 heterocycles. The number of benzene rings is 1. The van der Waals surface area contributed by atoms with Gasteiger partial charge in [-0.25, -0.2) is 4.98 Å². The van der Waals surface area contributed by atoms with Crippen molar-refractivity contribution < 1.29 is 4.79 Å². The molecule has 0 bridgehead atoms. The lowest BCUT2D eigenvalue weighted by Gasteiger charge is -2.17. The number of nitrogens with zero attached hydrogens (tertiary/aromatic N) is 4. The molecule has 2 aromatic rings. The average Bonchev–Trinajstić information content (AvgIpc) is 3.34. The number of rotatable bonds is 8. The van der Waals surface area contributed by atoms with Gasteiger partial charge in [-0.05, 0) is 12.0 Å². The number of likely N-dealkylation sites (tertiary alicyclic amines) is 1. The van der Waals surface area contributed by atoms with Crippen molar-refractivity contribution in [1.29, 1.82) is 0 Å². The van der Waals surface area contributed by atoms with Gasteiger partial charge in [0.1, 0.15) is 0 Å². The predicted octanol–water partition coefficient (Wildman–Crippen LogP) is 1.97. The van der Waals surface area contributed by atoms with Gasteiger partial charge in [0, 0.05) is 58.5 Å². The van der Waals surface area contributed by atoms with E-state index in [9.17, 15) is 4.79 Å². The van der Waals surface area contributed by atoms with Gasteiger partial charge in [0.05, 0.1) is 12.2 Å². The number of carbonyl (C=O) groups is 1. The lowest BCUT2D eigenvalue weighted by molar-refractivity contribution is -0.127. The maximum absolute atomic E-state index is 12.3. The predicted molar refractivity (Wildman–Crippen MR) is 119 cm³/mol. The minimum atomic E-state index is 0.245. The number of nitrogens with one attached hydrogen (secondary N) is 2. The monoisotopic (exact) mass is 414 g/mol. The first-order valence-electron chi connectivity index (χ1n) is 9.93. The Bertz CT molecular complexity index is 820. The second kappa shape index (κ2) is 10.2. The number of thiazole rings is 1. The molecule has 8 heteroatoms. The minimum Gasteiger partial charge on any atom is -0.356 e. The third-order valence-corrected chi connectivity index (χ3v) is 6.01. The molecule has 0 saturated carbocycles. The normalized spacial score (nSPS) is 16.9. The van der Waals surface area contributed by atoms with Crippen molar-refractivity contribution in [1.82, 2.24) is 20.5 Å². The molecule has 29 heavy (non-hydrogen) atoms. The van der Waals surface area contributed by atoms with Gasteiger partial charge >= 0.3 is 0 Å². The van der Waals surface area contributed by atoms with E-state index in [2.05, 4.69) is 38.1 Å². The van der Waals surface area contributed by atoms with Crippen molar-refractivity contribution in [2.75, 3.05) is 45.7 Å². The molecule has 156 valence electrons. The van der Waals surface area contributed by atoms with E-state index in [0.29, 0.717) is 18.9 Å². The molecule has 1 aliphatic heterocycles. The van der Waals surface area contributed by atoms with Gasteiger partial charge in [-0.1, -0.05) is 30.3 Å². The molecule has 1 aliphatic rings. The molecule has 2 N–H and O–H groups in total. The molecule has 0 spiro atoms. The summed E-state index contributed by atoms with van der Waals surface area (Å²) in [5.41, 5.74) is 2.26. The Morgan fingerprint density at radius 2 is 2.10 bits per heavy atom. The van der Waals surface area contributed by atoms with Crippen LogP contribution in [0.2, 0.25) is 0 Å². The number of carbonyl (C=O) groups excluding carboxylic acids is 1. The maximum Gasteiger partial charge on any atom is 0.223 e. The Morgan fingerprint density at radius 3 is 2.79 bits per heavy atom. The topological polar surface area (TPSA) is 72.9 Å². The van der Waals surface area contributed by atoms with E-state index < -0.39 is 0 Å². The Labute approximate surface area is 176 Å². The smallest absolute Gasteiger partial charge is 0.223 e. The molecule has 7 nitrogen and oxygen atoms in total. The van der Waals surface area contributed by atoms with E-state index >= 15 is 0 Å². The summed E-state index contributed by atoms with van der Waals surface area (Å²) in [4.78, 5) is 25.2. The zero-order valence-corrected chi connectivity index (χ0v) is 18.2. The Balaban J connectivity index is 1.40. The lowest BCUT2D eigenvalue weighted by atomic mass is 10.1. The summed E-state index contributed by atoms with van der Waals surface area (Å²) < 4.78 is 0. The van der Waals surface area contributed by atoms with Crippen LogP contribution in [-0.2, 0) is 17.8 Å². The van der Waals surface area contributed by atoms with Crippen LogP contribution in [0.1, 0.15) is 17.7 Å². The second-order valence-electron chi connectivity index (χ2n) is 7.47. The molecule has 1 saturated heterocycles. The average molecular weight is 415 g/mol. The van der Waals surface area contributed by atoms with E-state index in [4.69, 9.17) is 0 Å². The first-order valence-corrected chi connectivity index (χ1v) is 10.8. The van der Waals surface area contributed by atoms with Crippen LogP contribution in [-0.4, -0.2) is 62.5 Å². The molecule has 1 aromatic heterocycles. The number of anilines is 1. The van der Waals surface area contributed by atoms with Crippen molar-refractivity contribution in [2.45, 2.75) is 19.4 Å². The molecule has 1 unspecified atom stereocenters. The maximum atomic E-state index is 12.3. The Kier molecular flexibility index (Phi) is 7.46. The first kappa shape index (κ1) is 21.1. The van der Waals surface area contributed by atoms with Crippen LogP contribution < -0.4 is 15.5 Å². The standard InChI is InChI=1S/C21H30N6OS/c1-22-20(24-13-18-15-29-21(25-18)26(2)3)23-12-17-11-19(28)27(14-17)10-9-16-7-5-4-6-8-16/h4-8,15,17H,9-14H2,1-3H3,(H2,22,23,24). The molecule has 0 radical (unpaired) electrons. The number of amides is 1.